The van der Waals surface area contributed by atoms with Crippen LogP contribution in [0.5, 0.6) is 0 Å². The summed E-state index contributed by atoms with van der Waals surface area (Å²) in [6.45, 7) is 4.04. The van der Waals surface area contributed by atoms with Gasteiger partial charge in [-0.3, -0.25) is 14.7 Å². The molecule has 7 heteroatoms. The SMILES string of the molecule is CCC(C)n1nccc1NC(=O)c1n[nH]c2ccccc2c1=O. The van der Waals surface area contributed by atoms with Crippen LogP contribution in [0.1, 0.15) is 36.8 Å². The molecule has 3 rings (SSSR count). The highest BCUT2D eigenvalue weighted by molar-refractivity contribution is 6.03. The van der Waals surface area contributed by atoms with Crippen molar-refractivity contribution in [1.82, 2.24) is 20.0 Å². The number of hydrogen-bond acceptors (Lipinski definition) is 4. The van der Waals surface area contributed by atoms with Gasteiger partial charge in [0.25, 0.3) is 5.91 Å². The molecule has 2 heterocycles. The summed E-state index contributed by atoms with van der Waals surface area (Å²) < 4.78 is 1.72. The summed E-state index contributed by atoms with van der Waals surface area (Å²) in [5.74, 6) is -0.0132. The van der Waals surface area contributed by atoms with Crippen molar-refractivity contribution in [3.8, 4) is 0 Å². The second-order valence-corrected chi connectivity index (χ2v) is 5.32. The first-order valence-electron chi connectivity index (χ1n) is 7.44. The molecule has 0 radical (unpaired) electrons. The third kappa shape index (κ3) is 2.73. The van der Waals surface area contributed by atoms with E-state index in [4.69, 9.17) is 0 Å². The number of H-pyrrole nitrogens is 1. The topological polar surface area (TPSA) is 92.7 Å². The molecular formula is C16H17N5O2. The van der Waals surface area contributed by atoms with E-state index in [2.05, 4.69) is 20.6 Å². The summed E-state index contributed by atoms with van der Waals surface area (Å²) in [7, 11) is 0. The second-order valence-electron chi connectivity index (χ2n) is 5.32. The number of carbonyl (C=O) groups excluding carboxylic acids is 1. The van der Waals surface area contributed by atoms with Gasteiger partial charge < -0.3 is 5.32 Å². The van der Waals surface area contributed by atoms with Crippen LogP contribution in [-0.4, -0.2) is 25.9 Å². The van der Waals surface area contributed by atoms with Gasteiger partial charge in [-0.1, -0.05) is 19.1 Å². The second kappa shape index (κ2) is 6.04. The molecule has 23 heavy (non-hydrogen) atoms. The summed E-state index contributed by atoms with van der Waals surface area (Å²) in [6, 6.07) is 8.78. The molecule has 0 aliphatic rings. The van der Waals surface area contributed by atoms with Crippen LogP contribution in [-0.2, 0) is 0 Å². The smallest absolute Gasteiger partial charge is 0.281 e. The summed E-state index contributed by atoms with van der Waals surface area (Å²) in [6.07, 6.45) is 2.49. The first kappa shape index (κ1) is 15.0. The van der Waals surface area contributed by atoms with Crippen LogP contribution >= 0.6 is 0 Å². The number of fused-ring (bicyclic) bond motifs is 1. The summed E-state index contributed by atoms with van der Waals surface area (Å²) in [4.78, 5) is 24.8. The Kier molecular flexibility index (Phi) is 3.92. The van der Waals surface area contributed by atoms with Crippen LogP contribution in [0, 0.1) is 0 Å². The zero-order chi connectivity index (χ0) is 16.4. The van der Waals surface area contributed by atoms with Crippen molar-refractivity contribution >= 4 is 22.6 Å². The molecule has 0 bridgehead atoms. The molecule has 0 fully saturated rings. The third-order valence-electron chi connectivity index (χ3n) is 3.81. The van der Waals surface area contributed by atoms with Gasteiger partial charge in [-0.2, -0.15) is 10.2 Å². The van der Waals surface area contributed by atoms with Gasteiger partial charge in [0.05, 0.1) is 17.8 Å². The van der Waals surface area contributed by atoms with Gasteiger partial charge in [0, 0.05) is 11.5 Å². The number of anilines is 1. The lowest BCUT2D eigenvalue weighted by atomic mass is 10.2. The molecule has 3 aromatic rings. The fraction of sp³-hybridized carbons (Fsp3) is 0.250. The normalized spacial score (nSPS) is 12.3. The van der Waals surface area contributed by atoms with Gasteiger partial charge in [0.15, 0.2) is 5.69 Å². The molecule has 0 saturated heterocycles. The number of benzene rings is 1. The van der Waals surface area contributed by atoms with E-state index in [1.165, 1.54) is 0 Å². The third-order valence-corrected chi connectivity index (χ3v) is 3.81. The van der Waals surface area contributed by atoms with Gasteiger partial charge in [0.1, 0.15) is 5.82 Å². The number of nitrogens with one attached hydrogen (secondary N) is 2. The predicted octanol–water partition coefficient (Wildman–Crippen LogP) is 2.34. The Morgan fingerprint density at radius 1 is 1.35 bits per heavy atom. The Balaban J connectivity index is 1.94. The first-order chi connectivity index (χ1) is 11.1. The van der Waals surface area contributed by atoms with E-state index in [1.807, 2.05) is 13.8 Å². The van der Waals surface area contributed by atoms with Gasteiger partial charge >= 0.3 is 0 Å². The van der Waals surface area contributed by atoms with E-state index in [0.717, 1.165) is 6.42 Å². The van der Waals surface area contributed by atoms with Crippen LogP contribution < -0.4 is 10.7 Å². The van der Waals surface area contributed by atoms with Gasteiger partial charge in [-0.15, -0.1) is 0 Å². The van der Waals surface area contributed by atoms with Crippen molar-refractivity contribution in [2.45, 2.75) is 26.3 Å². The van der Waals surface area contributed by atoms with Crippen molar-refractivity contribution in [2.24, 2.45) is 0 Å². The number of para-hydroxylation sites is 1. The Morgan fingerprint density at radius 2 is 2.13 bits per heavy atom. The maximum atomic E-state index is 12.4. The molecule has 2 N–H and O–H groups in total. The molecule has 1 unspecified atom stereocenters. The lowest BCUT2D eigenvalue weighted by Crippen LogP contribution is -2.25. The van der Waals surface area contributed by atoms with E-state index >= 15 is 0 Å². The Bertz CT molecular complexity index is 912. The van der Waals surface area contributed by atoms with Crippen LogP contribution in [0.3, 0.4) is 0 Å². The monoisotopic (exact) mass is 311 g/mol. The maximum Gasteiger partial charge on any atom is 0.281 e. The Hall–Kier alpha value is -2.96. The average molecular weight is 311 g/mol. The number of rotatable bonds is 4. The number of aromatic amines is 1. The number of carbonyl (C=O) groups is 1. The van der Waals surface area contributed by atoms with E-state index in [-0.39, 0.29) is 11.7 Å². The number of nitrogens with zero attached hydrogens (tertiary/aromatic N) is 3. The molecule has 118 valence electrons. The maximum absolute atomic E-state index is 12.4. The fourth-order valence-corrected chi connectivity index (χ4v) is 2.34. The van der Waals surface area contributed by atoms with Crippen LogP contribution in [0.4, 0.5) is 5.82 Å². The van der Waals surface area contributed by atoms with Crippen LogP contribution in [0.15, 0.2) is 41.3 Å². The zero-order valence-corrected chi connectivity index (χ0v) is 12.9. The molecule has 2 aromatic heterocycles. The van der Waals surface area contributed by atoms with E-state index < -0.39 is 11.3 Å². The summed E-state index contributed by atoms with van der Waals surface area (Å²) in [5.41, 5.74) is 0.0331. The van der Waals surface area contributed by atoms with Crippen molar-refractivity contribution in [2.75, 3.05) is 5.32 Å². The number of aromatic nitrogens is 4. The van der Waals surface area contributed by atoms with Gasteiger partial charge in [0.2, 0.25) is 5.43 Å². The molecular weight excluding hydrogens is 294 g/mol. The summed E-state index contributed by atoms with van der Waals surface area (Å²) >= 11 is 0. The lowest BCUT2D eigenvalue weighted by Gasteiger charge is -2.13. The highest BCUT2D eigenvalue weighted by Crippen LogP contribution is 2.16. The van der Waals surface area contributed by atoms with Crippen LogP contribution in [0.2, 0.25) is 0 Å². The number of amides is 1. The summed E-state index contributed by atoms with van der Waals surface area (Å²) in [5, 5.41) is 14.0. The fourth-order valence-electron chi connectivity index (χ4n) is 2.34. The quantitative estimate of drug-likeness (QED) is 0.773. The Morgan fingerprint density at radius 3 is 2.91 bits per heavy atom. The van der Waals surface area contributed by atoms with Crippen molar-refractivity contribution in [3.63, 3.8) is 0 Å². The highest BCUT2D eigenvalue weighted by atomic mass is 16.2. The molecule has 1 atom stereocenters. The standard InChI is InChI=1S/C16H17N5O2/c1-3-10(2)21-13(8-9-17-21)18-16(23)14-15(22)11-6-4-5-7-12(11)19-20-14/h4-10H,3H2,1-2H3,(H,18,23)(H,19,22). The minimum absolute atomic E-state index is 0.142. The van der Waals surface area contributed by atoms with E-state index in [9.17, 15) is 9.59 Å². The van der Waals surface area contributed by atoms with Gasteiger partial charge in [-0.25, -0.2) is 4.68 Å². The van der Waals surface area contributed by atoms with Gasteiger partial charge in [-0.05, 0) is 25.5 Å². The molecule has 1 amide bonds. The van der Waals surface area contributed by atoms with E-state index in [0.29, 0.717) is 16.7 Å². The minimum atomic E-state index is -0.554. The number of hydrogen-bond donors (Lipinski definition) is 2. The molecule has 0 aliphatic carbocycles. The lowest BCUT2D eigenvalue weighted by molar-refractivity contribution is 0.101. The van der Waals surface area contributed by atoms with Crippen molar-refractivity contribution in [3.05, 3.63) is 52.4 Å². The molecule has 0 saturated carbocycles. The zero-order valence-electron chi connectivity index (χ0n) is 12.9. The predicted molar refractivity (Wildman–Crippen MR) is 87.5 cm³/mol. The molecule has 0 aliphatic heterocycles. The van der Waals surface area contributed by atoms with Crippen molar-refractivity contribution in [1.29, 1.82) is 0 Å². The highest BCUT2D eigenvalue weighted by Gasteiger charge is 2.17. The largest absolute Gasteiger partial charge is 0.305 e. The minimum Gasteiger partial charge on any atom is -0.305 e. The molecule has 7 nitrogen and oxygen atoms in total. The molecule has 1 aromatic carbocycles. The van der Waals surface area contributed by atoms with E-state index in [1.54, 1.807) is 41.2 Å². The van der Waals surface area contributed by atoms with Crippen LogP contribution in [0.25, 0.3) is 10.9 Å². The molecule has 0 spiro atoms. The Labute approximate surface area is 132 Å². The first-order valence-corrected chi connectivity index (χ1v) is 7.44. The average Bonchev–Trinajstić information content (AvgIpc) is 3.02. The van der Waals surface area contributed by atoms with Crippen molar-refractivity contribution < 1.29 is 4.79 Å².